The molecule has 2 fully saturated rings. The maximum Gasteiger partial charge on any atom is 0.409 e. The van der Waals surface area contributed by atoms with Crippen LogP contribution >= 0.6 is 0 Å². The fourth-order valence-corrected chi connectivity index (χ4v) is 4.78. The summed E-state index contributed by atoms with van der Waals surface area (Å²) in [6, 6.07) is 5.95. The summed E-state index contributed by atoms with van der Waals surface area (Å²) in [5.41, 5.74) is 0.0222. The molecule has 1 aliphatic heterocycles. The number of benzene rings is 1. The molecule has 8 heteroatoms. The third-order valence-electron chi connectivity index (χ3n) is 6.45. The molecule has 2 aliphatic rings. The molecule has 0 aromatic heterocycles. The summed E-state index contributed by atoms with van der Waals surface area (Å²) in [7, 11) is 3.02. The maximum atomic E-state index is 12.3. The topological polar surface area (TPSA) is 86.3 Å². The Bertz CT molecular complexity index is 846. The second kappa shape index (κ2) is 10.1. The van der Waals surface area contributed by atoms with Crippen LogP contribution in [0.2, 0.25) is 0 Å². The second-order valence-electron chi connectivity index (χ2n) is 10.3. The highest BCUT2D eigenvalue weighted by Crippen LogP contribution is 2.45. The van der Waals surface area contributed by atoms with Crippen molar-refractivity contribution in [2.45, 2.75) is 71.0 Å². The summed E-state index contributed by atoms with van der Waals surface area (Å²) in [5, 5.41) is 2.90. The van der Waals surface area contributed by atoms with Gasteiger partial charge in [0.05, 0.1) is 20.3 Å². The highest BCUT2D eigenvalue weighted by atomic mass is 16.6. The lowest BCUT2D eigenvalue weighted by Crippen LogP contribution is -2.42. The van der Waals surface area contributed by atoms with E-state index < -0.39 is 17.1 Å². The number of carbonyl (C=O) groups excluding carboxylic acids is 2. The number of nitrogens with zero attached hydrogens (tertiary/aromatic N) is 1. The van der Waals surface area contributed by atoms with E-state index in [0.29, 0.717) is 25.4 Å². The normalized spacial score (nSPS) is 23.3. The van der Waals surface area contributed by atoms with Crippen LogP contribution in [0.1, 0.15) is 64.9 Å². The molecule has 2 unspecified atom stereocenters. The molecule has 2 atom stereocenters. The molecule has 1 aromatic carbocycles. The van der Waals surface area contributed by atoms with Gasteiger partial charge in [0.1, 0.15) is 5.60 Å². The van der Waals surface area contributed by atoms with Gasteiger partial charge in [-0.3, -0.25) is 0 Å². The Balaban J connectivity index is 1.85. The molecule has 0 radical (unpaired) electrons. The van der Waals surface area contributed by atoms with Gasteiger partial charge in [0.2, 0.25) is 0 Å². The van der Waals surface area contributed by atoms with E-state index in [9.17, 15) is 9.59 Å². The summed E-state index contributed by atoms with van der Waals surface area (Å²) >= 11 is 0. The first kappa shape index (κ1) is 25.0. The molecule has 1 aliphatic carbocycles. The van der Waals surface area contributed by atoms with Crippen LogP contribution in [0, 0.1) is 5.41 Å². The van der Waals surface area contributed by atoms with Crippen molar-refractivity contribution in [1.82, 2.24) is 10.2 Å². The summed E-state index contributed by atoms with van der Waals surface area (Å²) in [4.78, 5) is 26.4. The number of hydrogen-bond acceptors (Lipinski definition) is 6. The van der Waals surface area contributed by atoms with Gasteiger partial charge in [0, 0.05) is 31.0 Å². The van der Waals surface area contributed by atoms with Crippen LogP contribution < -0.4 is 14.8 Å². The maximum absolute atomic E-state index is 12.3. The minimum Gasteiger partial charge on any atom is -0.493 e. The molecule has 1 aromatic rings. The van der Waals surface area contributed by atoms with Crippen molar-refractivity contribution in [1.29, 1.82) is 0 Å². The van der Waals surface area contributed by atoms with E-state index in [-0.39, 0.29) is 18.1 Å². The lowest BCUT2D eigenvalue weighted by molar-refractivity contribution is 0.0501. The molecule has 1 saturated carbocycles. The van der Waals surface area contributed by atoms with Crippen LogP contribution in [0.3, 0.4) is 0 Å². The first-order chi connectivity index (χ1) is 15.5. The SMILES string of the molecule is COC(=O)N1CC(c2ccc(OC)c(OC3CCCC3)c2)C(C)(CNC(=O)OC(C)(C)C)C1. The Kier molecular flexibility index (Phi) is 7.65. The van der Waals surface area contributed by atoms with Gasteiger partial charge in [-0.1, -0.05) is 13.0 Å². The number of rotatable bonds is 6. The first-order valence-corrected chi connectivity index (χ1v) is 11.7. The first-order valence-electron chi connectivity index (χ1n) is 11.7. The summed E-state index contributed by atoms with van der Waals surface area (Å²) in [5.74, 6) is 1.38. The fraction of sp³-hybridized carbons (Fsp3) is 0.680. The minimum atomic E-state index is -0.583. The van der Waals surface area contributed by atoms with Gasteiger partial charge >= 0.3 is 12.2 Å². The van der Waals surface area contributed by atoms with Gasteiger partial charge in [-0.15, -0.1) is 0 Å². The van der Waals surface area contributed by atoms with E-state index in [4.69, 9.17) is 18.9 Å². The van der Waals surface area contributed by atoms with E-state index in [1.165, 1.54) is 20.0 Å². The number of ether oxygens (including phenoxy) is 4. The van der Waals surface area contributed by atoms with Crippen molar-refractivity contribution >= 4 is 12.2 Å². The van der Waals surface area contributed by atoms with Gasteiger partial charge < -0.3 is 29.2 Å². The van der Waals surface area contributed by atoms with Crippen molar-refractivity contribution in [3.8, 4) is 11.5 Å². The molecule has 8 nitrogen and oxygen atoms in total. The third-order valence-corrected chi connectivity index (χ3v) is 6.45. The molecule has 0 spiro atoms. The average Bonchev–Trinajstić information content (AvgIpc) is 3.38. The van der Waals surface area contributed by atoms with Crippen molar-refractivity contribution in [3.05, 3.63) is 23.8 Å². The Hall–Kier alpha value is -2.64. The largest absolute Gasteiger partial charge is 0.493 e. The van der Waals surface area contributed by atoms with Gasteiger partial charge in [0.15, 0.2) is 11.5 Å². The Morgan fingerprint density at radius 2 is 1.85 bits per heavy atom. The zero-order chi connectivity index (χ0) is 24.2. The monoisotopic (exact) mass is 462 g/mol. The molecule has 3 rings (SSSR count). The molecular weight excluding hydrogens is 424 g/mol. The van der Waals surface area contributed by atoms with Crippen molar-refractivity contribution in [3.63, 3.8) is 0 Å². The summed E-state index contributed by atoms with van der Waals surface area (Å²) in [6.07, 6.45) is 3.80. The van der Waals surface area contributed by atoms with E-state index in [1.807, 2.05) is 39.0 Å². The number of likely N-dealkylation sites (tertiary alicyclic amines) is 1. The highest BCUT2D eigenvalue weighted by molar-refractivity contribution is 5.69. The average molecular weight is 463 g/mol. The minimum absolute atomic E-state index is 0.0385. The molecule has 2 amide bonds. The van der Waals surface area contributed by atoms with Crippen LogP contribution in [-0.2, 0) is 9.47 Å². The standard InChI is InChI=1S/C25H38N2O6/c1-24(2,3)33-22(28)26-15-25(4)16-27(23(29)31-6)14-19(25)17-11-12-20(30-5)21(13-17)32-18-9-7-8-10-18/h11-13,18-19H,7-10,14-16H2,1-6H3,(H,26,28). The number of methoxy groups -OCH3 is 2. The number of alkyl carbamates (subject to hydrolysis) is 1. The smallest absolute Gasteiger partial charge is 0.409 e. The van der Waals surface area contributed by atoms with Crippen molar-refractivity contribution < 1.29 is 28.5 Å². The lowest BCUT2D eigenvalue weighted by atomic mass is 9.76. The van der Waals surface area contributed by atoms with Crippen LogP contribution in [0.15, 0.2) is 18.2 Å². The predicted molar refractivity (Wildman–Crippen MR) is 125 cm³/mol. The summed E-state index contributed by atoms with van der Waals surface area (Å²) in [6.45, 7) is 8.84. The van der Waals surface area contributed by atoms with Gasteiger partial charge in [-0.2, -0.15) is 0 Å². The van der Waals surface area contributed by atoms with Crippen LogP contribution in [-0.4, -0.2) is 62.6 Å². The zero-order valence-electron chi connectivity index (χ0n) is 20.7. The van der Waals surface area contributed by atoms with Crippen LogP contribution in [0.25, 0.3) is 0 Å². The lowest BCUT2D eigenvalue weighted by Gasteiger charge is -2.32. The van der Waals surface area contributed by atoms with E-state index in [2.05, 4.69) is 12.2 Å². The van der Waals surface area contributed by atoms with Gasteiger partial charge in [0.25, 0.3) is 0 Å². The van der Waals surface area contributed by atoms with Gasteiger partial charge in [-0.05, 0) is 64.2 Å². The van der Waals surface area contributed by atoms with E-state index >= 15 is 0 Å². The molecular formula is C25H38N2O6. The third kappa shape index (κ3) is 6.24. The fourth-order valence-electron chi connectivity index (χ4n) is 4.78. The number of nitrogens with one attached hydrogen (secondary N) is 1. The van der Waals surface area contributed by atoms with Crippen LogP contribution in [0.4, 0.5) is 9.59 Å². The predicted octanol–water partition coefficient (Wildman–Crippen LogP) is 4.71. The quantitative estimate of drug-likeness (QED) is 0.659. The van der Waals surface area contributed by atoms with Gasteiger partial charge in [-0.25, -0.2) is 9.59 Å². The Labute approximate surface area is 196 Å². The Morgan fingerprint density at radius 1 is 1.15 bits per heavy atom. The second-order valence-corrected chi connectivity index (χ2v) is 10.3. The molecule has 33 heavy (non-hydrogen) atoms. The number of amides is 2. The van der Waals surface area contributed by atoms with Crippen molar-refractivity contribution in [2.75, 3.05) is 33.9 Å². The number of hydrogen-bond donors (Lipinski definition) is 1. The molecule has 1 heterocycles. The molecule has 184 valence electrons. The highest BCUT2D eigenvalue weighted by Gasteiger charge is 2.46. The van der Waals surface area contributed by atoms with Crippen LogP contribution in [0.5, 0.6) is 11.5 Å². The van der Waals surface area contributed by atoms with Crippen molar-refractivity contribution in [2.24, 2.45) is 5.41 Å². The Morgan fingerprint density at radius 3 is 2.45 bits per heavy atom. The molecule has 1 N–H and O–H groups in total. The zero-order valence-corrected chi connectivity index (χ0v) is 20.7. The van der Waals surface area contributed by atoms with E-state index in [1.54, 1.807) is 12.0 Å². The molecule has 1 saturated heterocycles. The molecule has 0 bridgehead atoms. The number of carbonyl (C=O) groups is 2. The van der Waals surface area contributed by atoms with E-state index in [0.717, 1.165) is 24.2 Å². The summed E-state index contributed by atoms with van der Waals surface area (Å²) < 4.78 is 22.2.